The van der Waals surface area contributed by atoms with Gasteiger partial charge in [0.2, 0.25) is 0 Å². The molecule has 0 aliphatic carbocycles. The normalized spacial score (nSPS) is 11.4. The minimum absolute atomic E-state index is 1.23. The predicted octanol–water partition coefficient (Wildman–Crippen LogP) is 9.41. The highest BCUT2D eigenvalue weighted by atomic mass is 79.9. The van der Waals surface area contributed by atoms with Crippen molar-refractivity contribution in [3.05, 3.63) is 45.9 Å². The zero-order valence-corrected chi connectivity index (χ0v) is 19.3. The number of aryl methyl sites for hydroxylation is 2. The highest BCUT2D eigenvalue weighted by molar-refractivity contribution is 9.10. The molecule has 1 heteroatoms. The van der Waals surface area contributed by atoms with Crippen LogP contribution < -0.4 is 0 Å². The quantitative estimate of drug-likeness (QED) is 0.261. The van der Waals surface area contributed by atoms with Crippen LogP contribution in [0.5, 0.6) is 0 Å². The van der Waals surface area contributed by atoms with Crippen LogP contribution in [0.2, 0.25) is 0 Å². The second kappa shape index (κ2) is 13.4. The maximum absolute atomic E-state index is 3.79. The Kier molecular flexibility index (Phi) is 11.1. The molecule has 0 saturated heterocycles. The van der Waals surface area contributed by atoms with E-state index in [4.69, 9.17) is 0 Å². The summed E-state index contributed by atoms with van der Waals surface area (Å²) >= 11 is 3.79. The molecule has 0 spiro atoms. The van der Waals surface area contributed by atoms with Crippen LogP contribution in [0.4, 0.5) is 0 Å². The molecule has 0 fully saturated rings. The van der Waals surface area contributed by atoms with Crippen LogP contribution in [0.25, 0.3) is 10.8 Å². The van der Waals surface area contributed by atoms with Gasteiger partial charge in [0.1, 0.15) is 0 Å². The maximum atomic E-state index is 3.79. The Morgan fingerprint density at radius 3 is 1.70 bits per heavy atom. The standard InChI is InChI=1S/C26H39Br/c1-3-5-7-9-11-13-16-22-18-15-19-24-25(27)21-20-23(26(22)24)17-14-12-10-8-6-4-2/h15,18-21H,3-14,16-17H2,1-2H3. The van der Waals surface area contributed by atoms with Crippen molar-refractivity contribution in [2.75, 3.05) is 0 Å². The van der Waals surface area contributed by atoms with Gasteiger partial charge in [0, 0.05) is 4.47 Å². The third-order valence-corrected chi connectivity index (χ3v) is 6.45. The molecule has 0 aromatic heterocycles. The fraction of sp³-hybridized carbons (Fsp3) is 0.615. The number of halogens is 1. The summed E-state index contributed by atoms with van der Waals surface area (Å²) in [5.41, 5.74) is 3.12. The van der Waals surface area contributed by atoms with Crippen molar-refractivity contribution in [2.24, 2.45) is 0 Å². The molecule has 0 heterocycles. The number of unbranched alkanes of at least 4 members (excludes halogenated alkanes) is 10. The average Bonchev–Trinajstić information content (AvgIpc) is 2.69. The molecule has 27 heavy (non-hydrogen) atoms. The van der Waals surface area contributed by atoms with Crippen LogP contribution in [0.1, 0.15) is 102 Å². The van der Waals surface area contributed by atoms with Gasteiger partial charge in [-0.25, -0.2) is 0 Å². The van der Waals surface area contributed by atoms with Gasteiger partial charge >= 0.3 is 0 Å². The summed E-state index contributed by atoms with van der Waals surface area (Å²) in [5, 5.41) is 2.94. The highest BCUT2D eigenvalue weighted by Crippen LogP contribution is 2.31. The molecule has 0 radical (unpaired) electrons. The highest BCUT2D eigenvalue weighted by Gasteiger charge is 2.09. The zero-order valence-electron chi connectivity index (χ0n) is 17.7. The van der Waals surface area contributed by atoms with E-state index in [1.165, 1.54) is 105 Å². The molecule has 0 saturated carbocycles. The Morgan fingerprint density at radius 2 is 1.11 bits per heavy atom. The van der Waals surface area contributed by atoms with Crippen LogP contribution in [-0.4, -0.2) is 0 Å². The van der Waals surface area contributed by atoms with Gasteiger partial charge in [0.25, 0.3) is 0 Å². The Morgan fingerprint density at radius 1 is 0.593 bits per heavy atom. The van der Waals surface area contributed by atoms with E-state index in [2.05, 4.69) is 60.1 Å². The second-order valence-electron chi connectivity index (χ2n) is 8.08. The van der Waals surface area contributed by atoms with Crippen LogP contribution in [0.15, 0.2) is 34.8 Å². The summed E-state index contributed by atoms with van der Waals surface area (Å²) in [4.78, 5) is 0. The van der Waals surface area contributed by atoms with Gasteiger partial charge < -0.3 is 0 Å². The van der Waals surface area contributed by atoms with E-state index in [1.807, 2.05) is 0 Å². The van der Waals surface area contributed by atoms with Crippen molar-refractivity contribution >= 4 is 26.7 Å². The first-order valence-corrected chi connectivity index (χ1v) is 12.3. The van der Waals surface area contributed by atoms with E-state index >= 15 is 0 Å². The molecule has 0 unspecified atom stereocenters. The predicted molar refractivity (Wildman–Crippen MR) is 126 cm³/mol. The zero-order chi connectivity index (χ0) is 19.3. The topological polar surface area (TPSA) is 0 Å². The molecule has 0 bridgehead atoms. The van der Waals surface area contributed by atoms with E-state index in [9.17, 15) is 0 Å². The minimum atomic E-state index is 1.23. The Bertz CT molecular complexity index is 636. The molecule has 2 rings (SSSR count). The Hall–Kier alpha value is -0.820. The lowest BCUT2D eigenvalue weighted by molar-refractivity contribution is 0.606. The molecule has 0 N–H and O–H groups in total. The van der Waals surface area contributed by atoms with Crippen molar-refractivity contribution < 1.29 is 0 Å². The van der Waals surface area contributed by atoms with Crippen molar-refractivity contribution in [1.82, 2.24) is 0 Å². The monoisotopic (exact) mass is 430 g/mol. The number of hydrogen-bond donors (Lipinski definition) is 0. The van der Waals surface area contributed by atoms with Crippen LogP contribution >= 0.6 is 15.9 Å². The minimum Gasteiger partial charge on any atom is -0.0654 e. The fourth-order valence-corrected chi connectivity index (χ4v) is 4.60. The van der Waals surface area contributed by atoms with Gasteiger partial charge in [-0.15, -0.1) is 0 Å². The van der Waals surface area contributed by atoms with Gasteiger partial charge in [-0.3, -0.25) is 0 Å². The first-order chi connectivity index (χ1) is 13.3. The molecule has 0 aliphatic heterocycles. The van der Waals surface area contributed by atoms with Gasteiger partial charge in [-0.2, -0.15) is 0 Å². The SMILES string of the molecule is CCCCCCCCc1cccc2c(Br)ccc(CCCCCCCC)c12. The van der Waals surface area contributed by atoms with E-state index in [-0.39, 0.29) is 0 Å². The van der Waals surface area contributed by atoms with Gasteiger partial charge in [-0.05, 0) is 53.6 Å². The number of hydrogen-bond acceptors (Lipinski definition) is 0. The smallest absolute Gasteiger partial charge is 0.0254 e. The summed E-state index contributed by atoms with van der Waals surface area (Å²) in [6.07, 6.45) is 18.9. The van der Waals surface area contributed by atoms with Crippen molar-refractivity contribution in [2.45, 2.75) is 104 Å². The summed E-state index contributed by atoms with van der Waals surface area (Å²) < 4.78 is 1.24. The Labute approximate surface area is 176 Å². The number of rotatable bonds is 14. The van der Waals surface area contributed by atoms with Crippen LogP contribution in [-0.2, 0) is 12.8 Å². The summed E-state index contributed by atoms with van der Waals surface area (Å²) in [6, 6.07) is 11.5. The van der Waals surface area contributed by atoms with Crippen molar-refractivity contribution in [1.29, 1.82) is 0 Å². The first-order valence-electron chi connectivity index (χ1n) is 11.5. The fourth-order valence-electron chi connectivity index (χ4n) is 4.13. The first kappa shape index (κ1) is 22.5. The lowest BCUT2D eigenvalue weighted by Crippen LogP contribution is -1.95. The van der Waals surface area contributed by atoms with E-state index in [1.54, 1.807) is 11.1 Å². The lowest BCUT2D eigenvalue weighted by atomic mass is 9.93. The molecule has 2 aromatic carbocycles. The van der Waals surface area contributed by atoms with E-state index in [0.29, 0.717) is 0 Å². The molecular weight excluding hydrogens is 392 g/mol. The van der Waals surface area contributed by atoms with E-state index in [0.717, 1.165) is 0 Å². The number of fused-ring (bicyclic) bond motifs is 1. The average molecular weight is 432 g/mol. The van der Waals surface area contributed by atoms with Gasteiger partial charge in [-0.1, -0.05) is 118 Å². The molecule has 0 aliphatic rings. The third kappa shape index (κ3) is 7.60. The largest absolute Gasteiger partial charge is 0.0654 e. The summed E-state index contributed by atoms with van der Waals surface area (Å²) in [6.45, 7) is 4.58. The van der Waals surface area contributed by atoms with Gasteiger partial charge in [0.15, 0.2) is 0 Å². The van der Waals surface area contributed by atoms with Crippen molar-refractivity contribution in [3.8, 4) is 0 Å². The maximum Gasteiger partial charge on any atom is 0.0254 e. The molecule has 0 amide bonds. The van der Waals surface area contributed by atoms with E-state index < -0.39 is 0 Å². The van der Waals surface area contributed by atoms with Gasteiger partial charge in [0.05, 0.1) is 0 Å². The second-order valence-corrected chi connectivity index (χ2v) is 8.94. The van der Waals surface area contributed by atoms with Crippen LogP contribution in [0, 0.1) is 0 Å². The molecule has 150 valence electrons. The molecule has 2 aromatic rings. The molecule has 0 nitrogen and oxygen atoms in total. The number of benzene rings is 2. The summed E-state index contributed by atoms with van der Waals surface area (Å²) in [5.74, 6) is 0. The molecular formula is C26H39Br. The van der Waals surface area contributed by atoms with Crippen molar-refractivity contribution in [3.63, 3.8) is 0 Å². The van der Waals surface area contributed by atoms with Crippen LogP contribution in [0.3, 0.4) is 0 Å². The Balaban J connectivity index is 2.00. The third-order valence-electron chi connectivity index (χ3n) is 5.76. The molecule has 0 atom stereocenters. The summed E-state index contributed by atoms with van der Waals surface area (Å²) in [7, 11) is 0. The lowest BCUT2D eigenvalue weighted by Gasteiger charge is -2.13.